The summed E-state index contributed by atoms with van der Waals surface area (Å²) < 4.78 is 0. The minimum Gasteiger partial charge on any atom is -0.383 e. The van der Waals surface area contributed by atoms with Crippen LogP contribution in [0.5, 0.6) is 0 Å². The number of hydrogen-bond donors (Lipinski definition) is 4. The van der Waals surface area contributed by atoms with E-state index in [1.807, 2.05) is 18.2 Å². The average Bonchev–Trinajstić information content (AvgIpc) is 3.17. The molecule has 0 radical (unpaired) electrons. The summed E-state index contributed by atoms with van der Waals surface area (Å²) in [5, 5.41) is 9.97. The molecule has 0 saturated heterocycles. The molecule has 6 nitrogen and oxygen atoms in total. The molecule has 1 aliphatic rings. The number of rotatable bonds is 10. The molecule has 0 spiro atoms. The van der Waals surface area contributed by atoms with Gasteiger partial charge in [0.2, 0.25) is 0 Å². The number of fused-ring (bicyclic) bond motifs is 1. The van der Waals surface area contributed by atoms with Gasteiger partial charge in [-0.3, -0.25) is 4.79 Å². The van der Waals surface area contributed by atoms with Crippen molar-refractivity contribution in [3.63, 3.8) is 0 Å². The lowest BCUT2D eigenvalue weighted by molar-refractivity contribution is -0.110. The maximum Gasteiger partial charge on any atom is 0.256 e. The van der Waals surface area contributed by atoms with E-state index >= 15 is 0 Å². The highest BCUT2D eigenvalue weighted by Gasteiger charge is 2.25. The summed E-state index contributed by atoms with van der Waals surface area (Å²) in [4.78, 5) is 18.6. The van der Waals surface area contributed by atoms with Crippen molar-refractivity contribution in [2.24, 2.45) is 0 Å². The highest BCUT2D eigenvalue weighted by atomic mass is 16.2. The molecule has 0 unspecified atom stereocenters. The lowest BCUT2D eigenvalue weighted by Gasteiger charge is -2.18. The molecule has 31 heavy (non-hydrogen) atoms. The number of H-pyrrole nitrogens is 1. The average molecular weight is 424 g/mol. The minimum atomic E-state index is -0.0535. The van der Waals surface area contributed by atoms with Crippen LogP contribution in [0.15, 0.2) is 18.2 Å². The van der Waals surface area contributed by atoms with E-state index in [0.717, 1.165) is 61.0 Å². The molecular weight excluding hydrogens is 386 g/mol. The fourth-order valence-corrected chi connectivity index (χ4v) is 4.11. The molecule has 1 aromatic carbocycles. The number of nitrogens with zero attached hydrogens (tertiary/aromatic N) is 1. The molecule has 2 heterocycles. The van der Waals surface area contributed by atoms with Crippen LogP contribution < -0.4 is 16.0 Å². The first-order valence-corrected chi connectivity index (χ1v) is 11.4. The fraction of sp³-hybridized carbons (Fsp3) is 0.480. The number of carbonyl (C=O) groups excluding carboxylic acids is 1. The Kier molecular flexibility index (Phi) is 7.57. The largest absolute Gasteiger partial charge is 0.383 e. The number of likely N-dealkylation sites (N-methyl/N-ethyl adjacent to an activating group) is 1. The van der Waals surface area contributed by atoms with Crippen LogP contribution in [0.2, 0.25) is 0 Å². The van der Waals surface area contributed by atoms with E-state index in [4.69, 9.17) is 0 Å². The number of nitrogens with one attached hydrogen (secondary N) is 4. The Morgan fingerprint density at radius 2 is 1.90 bits per heavy atom. The fourth-order valence-electron chi connectivity index (χ4n) is 4.11. The molecule has 1 aromatic heterocycles. The van der Waals surface area contributed by atoms with Gasteiger partial charge in [-0.05, 0) is 76.2 Å². The van der Waals surface area contributed by atoms with Gasteiger partial charge in [0.1, 0.15) is 0 Å². The number of aromatic amines is 1. The second-order valence-corrected chi connectivity index (χ2v) is 8.54. The molecule has 4 N–H and O–H groups in total. The predicted octanol–water partition coefficient (Wildman–Crippen LogP) is 4.38. The third-order valence-corrected chi connectivity index (χ3v) is 5.98. The van der Waals surface area contributed by atoms with Gasteiger partial charge in [-0.25, -0.2) is 0 Å². The summed E-state index contributed by atoms with van der Waals surface area (Å²) in [6, 6.07) is 6.37. The Bertz CT molecular complexity index is 953. The van der Waals surface area contributed by atoms with E-state index in [0.29, 0.717) is 11.6 Å². The normalized spacial score (nSPS) is 14.6. The Morgan fingerprint density at radius 3 is 2.58 bits per heavy atom. The van der Waals surface area contributed by atoms with Crippen molar-refractivity contribution in [3.8, 4) is 0 Å². The van der Waals surface area contributed by atoms with Gasteiger partial charge in [-0.1, -0.05) is 13.8 Å². The topological polar surface area (TPSA) is 72.2 Å². The quantitative estimate of drug-likeness (QED) is 0.338. The van der Waals surface area contributed by atoms with Crippen LogP contribution >= 0.6 is 0 Å². The molecular formula is C25H37N5O. The predicted molar refractivity (Wildman–Crippen MR) is 131 cm³/mol. The van der Waals surface area contributed by atoms with Crippen LogP contribution in [0.25, 0.3) is 11.6 Å². The van der Waals surface area contributed by atoms with Crippen molar-refractivity contribution >= 4 is 28.9 Å². The van der Waals surface area contributed by atoms with Crippen molar-refractivity contribution in [3.05, 3.63) is 46.3 Å². The van der Waals surface area contributed by atoms with Gasteiger partial charge in [0.25, 0.3) is 5.91 Å². The second kappa shape index (κ2) is 10.2. The first-order chi connectivity index (χ1) is 14.8. The van der Waals surface area contributed by atoms with Gasteiger partial charge in [0.15, 0.2) is 0 Å². The Labute approximate surface area is 186 Å². The van der Waals surface area contributed by atoms with Gasteiger partial charge >= 0.3 is 0 Å². The van der Waals surface area contributed by atoms with Crippen molar-refractivity contribution in [1.29, 1.82) is 0 Å². The molecule has 0 bridgehead atoms. The van der Waals surface area contributed by atoms with Crippen LogP contribution in [0.4, 0.5) is 11.4 Å². The van der Waals surface area contributed by atoms with E-state index < -0.39 is 0 Å². The number of hydrogen-bond acceptors (Lipinski definition) is 4. The summed E-state index contributed by atoms with van der Waals surface area (Å²) in [6.45, 7) is 17.8. The molecule has 2 aromatic rings. The Hall–Kier alpha value is -2.57. The molecule has 3 rings (SSSR count). The summed E-state index contributed by atoms with van der Waals surface area (Å²) in [5.74, 6) is -0.0535. The lowest BCUT2D eigenvalue weighted by Crippen LogP contribution is -2.31. The van der Waals surface area contributed by atoms with Gasteiger partial charge < -0.3 is 25.8 Å². The van der Waals surface area contributed by atoms with Gasteiger partial charge in [-0.2, -0.15) is 0 Å². The van der Waals surface area contributed by atoms with E-state index in [2.05, 4.69) is 73.4 Å². The van der Waals surface area contributed by atoms with Crippen molar-refractivity contribution in [2.75, 3.05) is 36.8 Å². The maximum atomic E-state index is 12.7. The van der Waals surface area contributed by atoms with Crippen LogP contribution in [0.1, 0.15) is 55.8 Å². The minimum absolute atomic E-state index is 0.0535. The van der Waals surface area contributed by atoms with Gasteiger partial charge in [0.05, 0.1) is 5.57 Å². The highest BCUT2D eigenvalue weighted by Crippen LogP contribution is 2.36. The zero-order valence-electron chi connectivity index (χ0n) is 19.8. The number of amides is 1. The third-order valence-electron chi connectivity index (χ3n) is 5.98. The van der Waals surface area contributed by atoms with E-state index in [1.165, 1.54) is 11.1 Å². The second-order valence-electron chi connectivity index (χ2n) is 8.54. The van der Waals surface area contributed by atoms with Gasteiger partial charge in [0, 0.05) is 54.0 Å². The van der Waals surface area contributed by atoms with Crippen LogP contribution in [0.3, 0.4) is 0 Å². The molecule has 0 fully saturated rings. The highest BCUT2D eigenvalue weighted by molar-refractivity contribution is 6.35. The molecule has 0 aliphatic carbocycles. The molecule has 0 saturated carbocycles. The monoisotopic (exact) mass is 423 g/mol. The van der Waals surface area contributed by atoms with Crippen molar-refractivity contribution in [1.82, 2.24) is 15.2 Å². The summed E-state index contributed by atoms with van der Waals surface area (Å²) in [7, 11) is 0. The molecule has 1 aliphatic heterocycles. The number of carbonyl (C=O) groups is 1. The molecule has 6 heteroatoms. The first-order valence-electron chi connectivity index (χ1n) is 11.4. The van der Waals surface area contributed by atoms with E-state index in [9.17, 15) is 4.79 Å². The van der Waals surface area contributed by atoms with Crippen molar-refractivity contribution < 1.29 is 4.79 Å². The lowest BCUT2D eigenvalue weighted by atomic mass is 10.0. The number of aryl methyl sites for hydroxylation is 1. The van der Waals surface area contributed by atoms with Crippen LogP contribution in [-0.2, 0) is 11.3 Å². The molecule has 0 atom stereocenters. The van der Waals surface area contributed by atoms with Crippen LogP contribution in [0, 0.1) is 13.8 Å². The van der Waals surface area contributed by atoms with Gasteiger partial charge in [-0.15, -0.1) is 0 Å². The number of benzene rings is 1. The standard InChI is InChI=1S/C25H37N5O/c1-7-30(8-2)12-11-26-15-22-17(5)24(28-18(22)6)14-21-20-13-19(27-16(3)4)9-10-23(20)29-25(21)31/h9-10,13-14,16,26-28H,7-8,11-12,15H2,1-6H3,(H,29,31)/b21-14-. The summed E-state index contributed by atoms with van der Waals surface area (Å²) >= 11 is 0. The number of anilines is 2. The van der Waals surface area contributed by atoms with E-state index in [-0.39, 0.29) is 5.91 Å². The summed E-state index contributed by atoms with van der Waals surface area (Å²) in [5.41, 5.74) is 8.15. The number of aromatic nitrogens is 1. The smallest absolute Gasteiger partial charge is 0.256 e. The van der Waals surface area contributed by atoms with Crippen LogP contribution in [-0.4, -0.2) is 48.0 Å². The molecule has 1 amide bonds. The van der Waals surface area contributed by atoms with E-state index in [1.54, 1.807) is 0 Å². The zero-order valence-corrected chi connectivity index (χ0v) is 19.8. The Balaban J connectivity index is 1.79. The molecule has 168 valence electrons. The van der Waals surface area contributed by atoms with Crippen molar-refractivity contribution in [2.45, 2.75) is 54.1 Å². The zero-order chi connectivity index (χ0) is 22.5. The Morgan fingerprint density at radius 1 is 1.16 bits per heavy atom. The summed E-state index contributed by atoms with van der Waals surface area (Å²) in [6.07, 6.45) is 1.99. The first kappa shape index (κ1) is 23.1. The third kappa shape index (κ3) is 5.38. The maximum absolute atomic E-state index is 12.7. The SMILES string of the molecule is CCN(CC)CCNCc1c(C)[nH]c(/C=C2\C(=O)Nc3ccc(NC(C)C)cc32)c1C.